The molecule has 0 heterocycles. The number of hydrogen-bond donors (Lipinski definition) is 1. The van der Waals surface area contributed by atoms with Gasteiger partial charge in [0, 0.05) is 16.0 Å². The van der Waals surface area contributed by atoms with E-state index in [1.54, 1.807) is 19.1 Å². The number of aryl methyl sites for hydroxylation is 1. The summed E-state index contributed by atoms with van der Waals surface area (Å²) in [6.45, 7) is 2.10. The van der Waals surface area contributed by atoms with Gasteiger partial charge in [-0.3, -0.25) is 5.32 Å². The van der Waals surface area contributed by atoms with Crippen molar-refractivity contribution in [3.63, 3.8) is 0 Å². The molecule has 0 aromatic heterocycles. The van der Waals surface area contributed by atoms with Crippen LogP contribution in [0.1, 0.15) is 12.5 Å². The van der Waals surface area contributed by atoms with Gasteiger partial charge in [0.2, 0.25) is 0 Å². The van der Waals surface area contributed by atoms with Crippen molar-refractivity contribution >= 4 is 39.3 Å². The number of anilines is 1. The predicted molar refractivity (Wildman–Crippen MR) is 69.6 cm³/mol. The van der Waals surface area contributed by atoms with Gasteiger partial charge in [-0.2, -0.15) is 0 Å². The smallest absolute Gasteiger partial charge is 0.411 e. The number of carbonyl (C=O) groups excluding carboxylic acids is 1. The molecule has 1 aromatic carbocycles. The van der Waals surface area contributed by atoms with Crippen molar-refractivity contribution in [2.24, 2.45) is 0 Å². The molecule has 0 atom stereocenters. The molecule has 0 fully saturated rings. The standard InChI is InChI=1S/C11H13BrClNO2/c1-2-16-11(15)14-9-4-3-8(5-6-12)10(13)7-9/h3-4,7H,2,5-6H2,1H3,(H,14,15). The third-order valence-corrected chi connectivity index (χ3v) is 2.69. The summed E-state index contributed by atoms with van der Waals surface area (Å²) in [6.07, 6.45) is 0.394. The van der Waals surface area contributed by atoms with E-state index in [4.69, 9.17) is 16.3 Å². The number of ether oxygens (including phenoxy) is 1. The van der Waals surface area contributed by atoms with Gasteiger partial charge in [0.15, 0.2) is 0 Å². The largest absolute Gasteiger partial charge is 0.450 e. The Morgan fingerprint density at radius 3 is 2.88 bits per heavy atom. The van der Waals surface area contributed by atoms with Crippen LogP contribution in [0, 0.1) is 0 Å². The van der Waals surface area contributed by atoms with Crippen LogP contribution in [0.5, 0.6) is 0 Å². The fraction of sp³-hybridized carbons (Fsp3) is 0.364. The van der Waals surface area contributed by atoms with Crippen LogP contribution < -0.4 is 5.32 Å². The number of halogens is 2. The Bertz CT molecular complexity index is 371. The van der Waals surface area contributed by atoms with Gasteiger partial charge in [-0.05, 0) is 31.0 Å². The highest BCUT2D eigenvalue weighted by molar-refractivity contribution is 9.09. The Morgan fingerprint density at radius 1 is 1.56 bits per heavy atom. The quantitative estimate of drug-likeness (QED) is 0.858. The summed E-state index contributed by atoms with van der Waals surface area (Å²) in [5.74, 6) is 0. The van der Waals surface area contributed by atoms with Crippen molar-refractivity contribution in [1.82, 2.24) is 0 Å². The molecule has 0 spiro atoms. The number of carbonyl (C=O) groups is 1. The Labute approximate surface area is 108 Å². The van der Waals surface area contributed by atoms with E-state index in [1.807, 2.05) is 6.07 Å². The van der Waals surface area contributed by atoms with Gasteiger partial charge in [-0.25, -0.2) is 4.79 Å². The molecular weight excluding hydrogens is 293 g/mol. The third-order valence-electron chi connectivity index (χ3n) is 1.94. The lowest BCUT2D eigenvalue weighted by Crippen LogP contribution is -2.13. The molecule has 0 aliphatic heterocycles. The van der Waals surface area contributed by atoms with Crippen molar-refractivity contribution in [1.29, 1.82) is 0 Å². The molecule has 1 amide bonds. The van der Waals surface area contributed by atoms with E-state index < -0.39 is 6.09 Å². The lowest BCUT2D eigenvalue weighted by molar-refractivity contribution is 0.168. The maximum absolute atomic E-state index is 11.2. The molecular formula is C11H13BrClNO2. The molecule has 0 saturated heterocycles. The molecule has 16 heavy (non-hydrogen) atoms. The molecule has 3 nitrogen and oxygen atoms in total. The number of hydrogen-bond acceptors (Lipinski definition) is 2. The summed E-state index contributed by atoms with van der Waals surface area (Å²) >= 11 is 9.41. The van der Waals surface area contributed by atoms with Gasteiger partial charge < -0.3 is 4.74 Å². The minimum Gasteiger partial charge on any atom is -0.450 e. The van der Waals surface area contributed by atoms with E-state index in [9.17, 15) is 4.79 Å². The zero-order valence-electron chi connectivity index (χ0n) is 8.93. The molecule has 88 valence electrons. The Hall–Kier alpha value is -0.740. The van der Waals surface area contributed by atoms with Gasteiger partial charge in [-0.15, -0.1) is 0 Å². The normalized spacial score (nSPS) is 9.94. The van der Waals surface area contributed by atoms with Gasteiger partial charge in [-0.1, -0.05) is 33.6 Å². The first-order chi connectivity index (χ1) is 7.67. The molecule has 0 aliphatic rings. The fourth-order valence-corrected chi connectivity index (χ4v) is 1.92. The zero-order valence-corrected chi connectivity index (χ0v) is 11.3. The van der Waals surface area contributed by atoms with Crippen molar-refractivity contribution in [2.75, 3.05) is 17.3 Å². The van der Waals surface area contributed by atoms with Crippen molar-refractivity contribution in [3.05, 3.63) is 28.8 Å². The zero-order chi connectivity index (χ0) is 12.0. The Balaban J connectivity index is 2.69. The molecule has 0 bridgehead atoms. The molecule has 0 unspecified atom stereocenters. The lowest BCUT2D eigenvalue weighted by atomic mass is 10.1. The van der Waals surface area contributed by atoms with E-state index in [0.29, 0.717) is 17.3 Å². The van der Waals surface area contributed by atoms with Gasteiger partial charge >= 0.3 is 6.09 Å². The molecule has 5 heteroatoms. The maximum Gasteiger partial charge on any atom is 0.411 e. The second kappa shape index (κ2) is 6.76. The first-order valence-corrected chi connectivity index (χ1v) is 6.45. The number of alkyl halides is 1. The maximum atomic E-state index is 11.2. The highest BCUT2D eigenvalue weighted by atomic mass is 79.9. The number of rotatable bonds is 4. The number of amides is 1. The van der Waals surface area contributed by atoms with Crippen molar-refractivity contribution < 1.29 is 9.53 Å². The predicted octanol–water partition coefficient (Wildman–Crippen LogP) is 3.85. The molecule has 1 N–H and O–H groups in total. The van der Waals surface area contributed by atoms with Gasteiger partial charge in [0.1, 0.15) is 0 Å². The third kappa shape index (κ3) is 4.02. The van der Waals surface area contributed by atoms with Crippen LogP contribution in [0.2, 0.25) is 5.02 Å². The molecule has 1 aromatic rings. The van der Waals surface area contributed by atoms with E-state index >= 15 is 0 Å². The van der Waals surface area contributed by atoms with Crippen molar-refractivity contribution in [3.8, 4) is 0 Å². The Kier molecular flexibility index (Phi) is 5.63. The summed E-state index contributed by atoms with van der Waals surface area (Å²) in [6, 6.07) is 5.42. The molecule has 0 aliphatic carbocycles. The monoisotopic (exact) mass is 305 g/mol. The highest BCUT2D eigenvalue weighted by Gasteiger charge is 2.05. The fourth-order valence-electron chi connectivity index (χ4n) is 1.21. The SMILES string of the molecule is CCOC(=O)Nc1ccc(CCBr)c(Cl)c1. The summed E-state index contributed by atoms with van der Waals surface area (Å²) in [5, 5.41) is 4.10. The first kappa shape index (κ1) is 13.3. The van der Waals surface area contributed by atoms with E-state index in [-0.39, 0.29) is 0 Å². The molecule has 0 radical (unpaired) electrons. The minimum atomic E-state index is -0.466. The van der Waals surface area contributed by atoms with Gasteiger partial charge in [0.25, 0.3) is 0 Å². The van der Waals surface area contributed by atoms with E-state index in [0.717, 1.165) is 17.3 Å². The molecule has 0 saturated carbocycles. The van der Waals surface area contributed by atoms with Crippen LogP contribution >= 0.6 is 27.5 Å². The van der Waals surface area contributed by atoms with Crippen LogP contribution in [0.4, 0.5) is 10.5 Å². The summed E-state index contributed by atoms with van der Waals surface area (Å²) in [4.78, 5) is 11.2. The van der Waals surface area contributed by atoms with E-state index in [2.05, 4.69) is 21.2 Å². The van der Waals surface area contributed by atoms with Crippen LogP contribution in [-0.4, -0.2) is 18.0 Å². The highest BCUT2D eigenvalue weighted by Crippen LogP contribution is 2.22. The summed E-state index contributed by atoms with van der Waals surface area (Å²) in [5.41, 5.74) is 1.69. The minimum absolute atomic E-state index is 0.348. The Morgan fingerprint density at radius 2 is 2.31 bits per heavy atom. The average molecular weight is 307 g/mol. The summed E-state index contributed by atoms with van der Waals surface area (Å²) < 4.78 is 4.76. The lowest BCUT2D eigenvalue weighted by Gasteiger charge is -2.07. The van der Waals surface area contributed by atoms with Crippen LogP contribution in [0.25, 0.3) is 0 Å². The number of nitrogens with one attached hydrogen (secondary N) is 1. The van der Waals surface area contributed by atoms with Gasteiger partial charge in [0.05, 0.1) is 6.61 Å². The second-order valence-electron chi connectivity index (χ2n) is 3.09. The molecule has 1 rings (SSSR count). The topological polar surface area (TPSA) is 38.3 Å². The van der Waals surface area contributed by atoms with E-state index in [1.165, 1.54) is 0 Å². The number of benzene rings is 1. The van der Waals surface area contributed by atoms with Crippen LogP contribution in [0.15, 0.2) is 18.2 Å². The second-order valence-corrected chi connectivity index (χ2v) is 4.29. The average Bonchev–Trinajstić information content (AvgIpc) is 2.22. The van der Waals surface area contributed by atoms with Crippen LogP contribution in [0.3, 0.4) is 0 Å². The summed E-state index contributed by atoms with van der Waals surface area (Å²) in [7, 11) is 0. The van der Waals surface area contributed by atoms with Crippen molar-refractivity contribution in [2.45, 2.75) is 13.3 Å². The first-order valence-electron chi connectivity index (χ1n) is 4.95. The van der Waals surface area contributed by atoms with Crippen LogP contribution in [-0.2, 0) is 11.2 Å².